The molecule has 0 unspecified atom stereocenters. The molecule has 0 aliphatic carbocycles. The highest BCUT2D eigenvalue weighted by atomic mass is 32.2. The van der Waals surface area contributed by atoms with Crippen LogP contribution in [0, 0.1) is 0 Å². The summed E-state index contributed by atoms with van der Waals surface area (Å²) in [5.74, 6) is 0.572. The molecule has 5 nitrogen and oxygen atoms in total. The van der Waals surface area contributed by atoms with Crippen molar-refractivity contribution in [1.82, 2.24) is 4.57 Å². The van der Waals surface area contributed by atoms with Crippen LogP contribution in [0.4, 0.5) is 0 Å². The van der Waals surface area contributed by atoms with Crippen LogP contribution < -0.4 is 9.88 Å². The summed E-state index contributed by atoms with van der Waals surface area (Å²) in [4.78, 5) is 0.132. The van der Waals surface area contributed by atoms with E-state index in [-0.39, 0.29) is 4.90 Å². The lowest BCUT2D eigenvalue weighted by Gasteiger charge is -2.08. The van der Waals surface area contributed by atoms with Crippen LogP contribution in [0.15, 0.2) is 29.3 Å². The molecule has 0 fully saturated rings. The molecule has 0 aliphatic heterocycles. The number of aryl methyl sites for hydroxylation is 1. The minimum Gasteiger partial charge on any atom is -0.493 e. The number of rotatable bonds is 6. The summed E-state index contributed by atoms with van der Waals surface area (Å²) >= 11 is 0. The lowest BCUT2D eigenvalue weighted by Crippen LogP contribution is -2.12. The van der Waals surface area contributed by atoms with Gasteiger partial charge in [0.25, 0.3) is 0 Å². The predicted octanol–water partition coefficient (Wildman–Crippen LogP) is 2.49. The topological polar surface area (TPSA) is 74.3 Å². The molecule has 6 heteroatoms. The molecule has 0 spiro atoms. The molecular formula is C14H20N2O3S. The lowest BCUT2D eigenvalue weighted by atomic mass is 10.2. The van der Waals surface area contributed by atoms with Crippen molar-refractivity contribution < 1.29 is 13.2 Å². The second kappa shape index (κ2) is 5.85. The van der Waals surface area contributed by atoms with Crippen LogP contribution in [0.5, 0.6) is 5.75 Å². The minimum absolute atomic E-state index is 0.132. The van der Waals surface area contributed by atoms with E-state index in [1.807, 2.05) is 30.5 Å². The molecule has 0 aliphatic rings. The predicted molar refractivity (Wildman–Crippen MR) is 79.4 cm³/mol. The van der Waals surface area contributed by atoms with E-state index in [4.69, 9.17) is 9.88 Å². The van der Waals surface area contributed by atoms with E-state index < -0.39 is 10.0 Å². The standard InChI is InChI=1S/C14H20N2O3S/c1-3-8-16-10-13(20(15,17)18)14-11(16)6-5-7-12(14)19-9-4-2/h5-7,10H,3-4,8-9H2,1-2H3,(H2,15,17,18). The highest BCUT2D eigenvalue weighted by molar-refractivity contribution is 7.89. The molecule has 0 bridgehead atoms. The third-order valence-corrected chi connectivity index (χ3v) is 3.99. The van der Waals surface area contributed by atoms with E-state index in [1.54, 1.807) is 12.3 Å². The number of hydrogen-bond donors (Lipinski definition) is 1. The summed E-state index contributed by atoms with van der Waals surface area (Å²) in [5.41, 5.74) is 0.837. The SMILES string of the molecule is CCCOc1cccc2c1c(S(N)(=O)=O)cn2CCC. The molecule has 2 aromatic rings. The maximum Gasteiger partial charge on any atom is 0.240 e. The molecule has 0 atom stereocenters. The summed E-state index contributed by atoms with van der Waals surface area (Å²) in [5, 5.41) is 5.91. The number of nitrogens with zero attached hydrogens (tertiary/aromatic N) is 1. The smallest absolute Gasteiger partial charge is 0.240 e. The van der Waals surface area contributed by atoms with Crippen LogP contribution >= 0.6 is 0 Å². The van der Waals surface area contributed by atoms with E-state index in [2.05, 4.69) is 0 Å². The van der Waals surface area contributed by atoms with Gasteiger partial charge in [-0.3, -0.25) is 0 Å². The molecule has 1 aromatic carbocycles. The average Bonchev–Trinajstić information content (AvgIpc) is 2.76. The largest absolute Gasteiger partial charge is 0.493 e. The Morgan fingerprint density at radius 3 is 2.60 bits per heavy atom. The number of hydrogen-bond acceptors (Lipinski definition) is 3. The van der Waals surface area contributed by atoms with Gasteiger partial charge in [-0.15, -0.1) is 0 Å². The first-order valence-electron chi connectivity index (χ1n) is 6.76. The Labute approximate surface area is 119 Å². The second-order valence-corrected chi connectivity index (χ2v) is 6.26. The highest BCUT2D eigenvalue weighted by Gasteiger charge is 2.20. The first kappa shape index (κ1) is 14.9. The van der Waals surface area contributed by atoms with Gasteiger partial charge in [-0.05, 0) is 25.0 Å². The van der Waals surface area contributed by atoms with E-state index >= 15 is 0 Å². The third kappa shape index (κ3) is 2.81. The van der Waals surface area contributed by atoms with Crippen molar-refractivity contribution in [2.75, 3.05) is 6.61 Å². The zero-order chi connectivity index (χ0) is 14.8. The van der Waals surface area contributed by atoms with E-state index in [0.717, 1.165) is 24.9 Å². The van der Waals surface area contributed by atoms with Crippen molar-refractivity contribution in [3.05, 3.63) is 24.4 Å². The van der Waals surface area contributed by atoms with Crippen molar-refractivity contribution in [3.63, 3.8) is 0 Å². The number of primary sulfonamides is 1. The number of aromatic nitrogens is 1. The van der Waals surface area contributed by atoms with Crippen molar-refractivity contribution in [1.29, 1.82) is 0 Å². The average molecular weight is 296 g/mol. The Morgan fingerprint density at radius 1 is 1.25 bits per heavy atom. The van der Waals surface area contributed by atoms with E-state index in [9.17, 15) is 8.42 Å². The van der Waals surface area contributed by atoms with Crippen LogP contribution in [-0.4, -0.2) is 19.6 Å². The summed E-state index contributed by atoms with van der Waals surface area (Å²) in [6.45, 7) is 5.33. The van der Waals surface area contributed by atoms with Crippen LogP contribution in [0.3, 0.4) is 0 Å². The Balaban J connectivity index is 2.70. The number of nitrogens with two attached hydrogens (primary N) is 1. The van der Waals surface area contributed by atoms with Crippen molar-refractivity contribution in [2.24, 2.45) is 5.14 Å². The fourth-order valence-electron chi connectivity index (χ4n) is 2.26. The molecular weight excluding hydrogens is 276 g/mol. The second-order valence-electron chi connectivity index (χ2n) is 4.73. The number of fused-ring (bicyclic) bond motifs is 1. The number of ether oxygens (including phenoxy) is 1. The molecule has 2 N–H and O–H groups in total. The monoisotopic (exact) mass is 296 g/mol. The molecule has 0 saturated carbocycles. The van der Waals surface area contributed by atoms with Gasteiger partial charge < -0.3 is 9.30 Å². The molecule has 0 saturated heterocycles. The van der Waals surface area contributed by atoms with Gasteiger partial charge in [0.2, 0.25) is 10.0 Å². The lowest BCUT2D eigenvalue weighted by molar-refractivity contribution is 0.321. The van der Waals surface area contributed by atoms with Gasteiger partial charge >= 0.3 is 0 Å². The maximum atomic E-state index is 11.8. The maximum absolute atomic E-state index is 11.8. The molecule has 20 heavy (non-hydrogen) atoms. The van der Waals surface area contributed by atoms with Crippen LogP contribution in [0.25, 0.3) is 10.9 Å². The van der Waals surface area contributed by atoms with Crippen LogP contribution in [-0.2, 0) is 16.6 Å². The van der Waals surface area contributed by atoms with Crippen molar-refractivity contribution >= 4 is 20.9 Å². The Bertz CT molecular complexity index is 705. The van der Waals surface area contributed by atoms with Gasteiger partial charge in [-0.2, -0.15) is 0 Å². The zero-order valence-electron chi connectivity index (χ0n) is 11.8. The van der Waals surface area contributed by atoms with E-state index in [1.165, 1.54) is 0 Å². The quantitative estimate of drug-likeness (QED) is 0.890. The van der Waals surface area contributed by atoms with Gasteiger partial charge in [0, 0.05) is 12.7 Å². The molecule has 2 rings (SSSR count). The molecule has 1 aromatic heterocycles. The third-order valence-electron chi connectivity index (χ3n) is 3.07. The summed E-state index contributed by atoms with van der Waals surface area (Å²) in [6, 6.07) is 5.54. The Kier molecular flexibility index (Phi) is 4.35. The Hall–Kier alpha value is -1.53. The van der Waals surface area contributed by atoms with Gasteiger partial charge in [-0.1, -0.05) is 19.9 Å². The highest BCUT2D eigenvalue weighted by Crippen LogP contribution is 2.33. The van der Waals surface area contributed by atoms with Crippen molar-refractivity contribution in [2.45, 2.75) is 38.1 Å². The van der Waals surface area contributed by atoms with Gasteiger partial charge in [0.05, 0.1) is 17.5 Å². The van der Waals surface area contributed by atoms with Gasteiger partial charge in [0.15, 0.2) is 0 Å². The van der Waals surface area contributed by atoms with Crippen LogP contribution in [0.1, 0.15) is 26.7 Å². The summed E-state index contributed by atoms with van der Waals surface area (Å²) < 4.78 is 31.2. The van der Waals surface area contributed by atoms with Crippen molar-refractivity contribution in [3.8, 4) is 5.75 Å². The fraction of sp³-hybridized carbons (Fsp3) is 0.429. The zero-order valence-corrected chi connectivity index (χ0v) is 12.6. The molecule has 0 radical (unpaired) electrons. The van der Waals surface area contributed by atoms with E-state index in [0.29, 0.717) is 17.7 Å². The molecule has 1 heterocycles. The van der Waals surface area contributed by atoms with Gasteiger partial charge in [-0.25, -0.2) is 13.6 Å². The Morgan fingerprint density at radius 2 is 2.00 bits per heavy atom. The van der Waals surface area contributed by atoms with Crippen LogP contribution in [0.2, 0.25) is 0 Å². The number of sulfonamides is 1. The summed E-state index contributed by atoms with van der Waals surface area (Å²) in [7, 11) is -3.78. The normalized spacial score (nSPS) is 11.9. The van der Waals surface area contributed by atoms with Gasteiger partial charge in [0.1, 0.15) is 10.6 Å². The first-order valence-corrected chi connectivity index (χ1v) is 8.31. The number of benzene rings is 1. The first-order chi connectivity index (χ1) is 9.49. The summed E-state index contributed by atoms with van der Waals surface area (Å²) in [6.07, 6.45) is 3.37. The molecule has 110 valence electrons. The minimum atomic E-state index is -3.78. The fourth-order valence-corrected chi connectivity index (χ4v) is 3.02. The molecule has 0 amide bonds.